The SMILES string of the molecule is NC(=S)c1c(Cl)cccc1NCc1ccccc1Cl. The van der Waals surface area contributed by atoms with Gasteiger partial charge >= 0.3 is 0 Å². The fourth-order valence-corrected chi connectivity index (χ4v) is 2.51. The Morgan fingerprint density at radius 2 is 1.74 bits per heavy atom. The van der Waals surface area contributed by atoms with Gasteiger partial charge in [-0.2, -0.15) is 0 Å². The van der Waals surface area contributed by atoms with Gasteiger partial charge in [0.2, 0.25) is 0 Å². The fourth-order valence-electron chi connectivity index (χ4n) is 1.75. The van der Waals surface area contributed by atoms with Gasteiger partial charge in [-0.15, -0.1) is 0 Å². The van der Waals surface area contributed by atoms with Gasteiger partial charge in [-0.3, -0.25) is 0 Å². The van der Waals surface area contributed by atoms with Crippen LogP contribution in [0.15, 0.2) is 42.5 Å². The van der Waals surface area contributed by atoms with Crippen LogP contribution in [0.5, 0.6) is 0 Å². The molecule has 19 heavy (non-hydrogen) atoms. The van der Waals surface area contributed by atoms with E-state index < -0.39 is 0 Å². The molecule has 0 saturated carbocycles. The van der Waals surface area contributed by atoms with Crippen molar-refractivity contribution in [3.8, 4) is 0 Å². The molecular formula is C14H12Cl2N2S. The van der Waals surface area contributed by atoms with Gasteiger partial charge in [0.15, 0.2) is 0 Å². The molecule has 2 rings (SSSR count). The highest BCUT2D eigenvalue weighted by Gasteiger charge is 2.09. The Morgan fingerprint density at radius 1 is 1.05 bits per heavy atom. The first-order chi connectivity index (χ1) is 9.09. The van der Waals surface area contributed by atoms with E-state index in [2.05, 4.69) is 5.32 Å². The Labute approximate surface area is 127 Å². The van der Waals surface area contributed by atoms with Crippen LogP contribution in [-0.2, 0) is 6.54 Å². The van der Waals surface area contributed by atoms with Crippen molar-refractivity contribution in [1.82, 2.24) is 0 Å². The van der Waals surface area contributed by atoms with Gasteiger partial charge in [0.1, 0.15) is 4.99 Å². The molecule has 0 saturated heterocycles. The molecular weight excluding hydrogens is 299 g/mol. The lowest BCUT2D eigenvalue weighted by atomic mass is 10.1. The topological polar surface area (TPSA) is 38.0 Å². The zero-order valence-corrected chi connectivity index (χ0v) is 12.3. The molecule has 98 valence electrons. The lowest BCUT2D eigenvalue weighted by Gasteiger charge is -2.13. The summed E-state index contributed by atoms with van der Waals surface area (Å²) in [6, 6.07) is 13.1. The Kier molecular flexibility index (Phi) is 4.64. The molecule has 0 bridgehead atoms. The number of nitrogens with two attached hydrogens (primary N) is 1. The van der Waals surface area contributed by atoms with Gasteiger partial charge in [0.25, 0.3) is 0 Å². The van der Waals surface area contributed by atoms with E-state index in [4.69, 9.17) is 41.2 Å². The summed E-state index contributed by atoms with van der Waals surface area (Å²) >= 11 is 17.2. The van der Waals surface area contributed by atoms with Crippen LogP contribution in [-0.4, -0.2) is 4.99 Å². The Hall–Kier alpha value is -1.29. The minimum atomic E-state index is 0.271. The van der Waals surface area contributed by atoms with Crippen molar-refractivity contribution in [2.75, 3.05) is 5.32 Å². The number of hydrogen-bond donors (Lipinski definition) is 2. The van der Waals surface area contributed by atoms with Crippen LogP contribution < -0.4 is 11.1 Å². The zero-order valence-electron chi connectivity index (χ0n) is 9.99. The van der Waals surface area contributed by atoms with E-state index in [-0.39, 0.29) is 4.99 Å². The van der Waals surface area contributed by atoms with E-state index in [1.807, 2.05) is 36.4 Å². The van der Waals surface area contributed by atoms with E-state index >= 15 is 0 Å². The van der Waals surface area contributed by atoms with E-state index in [0.29, 0.717) is 22.2 Å². The largest absolute Gasteiger partial charge is 0.389 e. The third-order valence-corrected chi connectivity index (χ3v) is 3.57. The predicted molar refractivity (Wildman–Crippen MR) is 86.1 cm³/mol. The number of halogens is 2. The molecule has 2 nitrogen and oxygen atoms in total. The van der Waals surface area contributed by atoms with E-state index in [0.717, 1.165) is 11.3 Å². The Bertz CT molecular complexity index is 614. The highest BCUT2D eigenvalue weighted by Crippen LogP contribution is 2.25. The lowest BCUT2D eigenvalue weighted by Crippen LogP contribution is -2.14. The summed E-state index contributed by atoms with van der Waals surface area (Å²) in [4.78, 5) is 0.271. The van der Waals surface area contributed by atoms with Crippen LogP contribution >= 0.6 is 35.4 Å². The average Bonchev–Trinajstić information content (AvgIpc) is 2.37. The number of nitrogens with one attached hydrogen (secondary N) is 1. The standard InChI is InChI=1S/C14H12Cl2N2S/c15-10-5-2-1-4-9(10)8-18-12-7-3-6-11(16)13(12)14(17)19/h1-7,18H,8H2,(H2,17,19). The van der Waals surface area contributed by atoms with Gasteiger partial charge in [-0.05, 0) is 23.8 Å². The number of benzene rings is 2. The van der Waals surface area contributed by atoms with Crippen molar-refractivity contribution in [1.29, 1.82) is 0 Å². The summed E-state index contributed by atoms with van der Waals surface area (Å²) in [5, 5.41) is 4.51. The first kappa shape index (κ1) is 14.1. The van der Waals surface area contributed by atoms with Crippen LogP contribution in [0.1, 0.15) is 11.1 Å². The minimum absolute atomic E-state index is 0.271. The lowest BCUT2D eigenvalue weighted by molar-refractivity contribution is 1.15. The van der Waals surface area contributed by atoms with Crippen molar-refractivity contribution in [3.05, 3.63) is 63.6 Å². The first-order valence-electron chi connectivity index (χ1n) is 5.65. The molecule has 0 fully saturated rings. The van der Waals surface area contributed by atoms with Crippen molar-refractivity contribution >= 4 is 46.1 Å². The second-order valence-corrected chi connectivity index (χ2v) is 5.23. The van der Waals surface area contributed by atoms with Crippen molar-refractivity contribution in [2.24, 2.45) is 5.73 Å². The van der Waals surface area contributed by atoms with E-state index in [9.17, 15) is 0 Å². The summed E-state index contributed by atoms with van der Waals surface area (Å²) in [5.41, 5.74) is 8.16. The molecule has 0 radical (unpaired) electrons. The fraction of sp³-hybridized carbons (Fsp3) is 0.0714. The van der Waals surface area contributed by atoms with Crippen molar-refractivity contribution in [2.45, 2.75) is 6.54 Å². The van der Waals surface area contributed by atoms with Gasteiger partial charge < -0.3 is 11.1 Å². The molecule has 0 spiro atoms. The maximum Gasteiger partial charge on any atom is 0.107 e. The van der Waals surface area contributed by atoms with Gasteiger partial charge in [0.05, 0.1) is 10.6 Å². The Morgan fingerprint density at radius 3 is 2.42 bits per heavy atom. The van der Waals surface area contributed by atoms with Gasteiger partial charge in [0, 0.05) is 17.3 Å². The number of anilines is 1. The summed E-state index contributed by atoms with van der Waals surface area (Å²) in [5.74, 6) is 0. The number of rotatable bonds is 4. The second kappa shape index (κ2) is 6.24. The molecule has 5 heteroatoms. The molecule has 0 aliphatic heterocycles. The molecule has 0 aromatic heterocycles. The van der Waals surface area contributed by atoms with Crippen molar-refractivity contribution < 1.29 is 0 Å². The zero-order chi connectivity index (χ0) is 13.8. The third-order valence-electron chi connectivity index (χ3n) is 2.69. The highest BCUT2D eigenvalue weighted by atomic mass is 35.5. The molecule has 0 heterocycles. The molecule has 0 unspecified atom stereocenters. The molecule has 3 N–H and O–H groups in total. The van der Waals surface area contributed by atoms with Gasteiger partial charge in [-0.25, -0.2) is 0 Å². The molecule has 2 aromatic carbocycles. The minimum Gasteiger partial charge on any atom is -0.389 e. The quantitative estimate of drug-likeness (QED) is 0.830. The van der Waals surface area contributed by atoms with E-state index in [1.165, 1.54) is 0 Å². The number of thiocarbonyl (C=S) groups is 1. The number of hydrogen-bond acceptors (Lipinski definition) is 2. The summed E-state index contributed by atoms with van der Waals surface area (Å²) in [7, 11) is 0. The summed E-state index contributed by atoms with van der Waals surface area (Å²) in [6.07, 6.45) is 0. The average molecular weight is 311 g/mol. The molecule has 0 atom stereocenters. The van der Waals surface area contributed by atoms with E-state index in [1.54, 1.807) is 6.07 Å². The van der Waals surface area contributed by atoms with Crippen LogP contribution in [0.4, 0.5) is 5.69 Å². The highest BCUT2D eigenvalue weighted by molar-refractivity contribution is 7.80. The van der Waals surface area contributed by atoms with Crippen LogP contribution in [0.2, 0.25) is 10.0 Å². The first-order valence-corrected chi connectivity index (χ1v) is 6.81. The molecule has 0 aliphatic rings. The normalized spacial score (nSPS) is 10.2. The van der Waals surface area contributed by atoms with Crippen LogP contribution in [0.25, 0.3) is 0 Å². The molecule has 0 aliphatic carbocycles. The predicted octanol–water partition coefficient (Wildman–Crippen LogP) is 4.24. The Balaban J connectivity index is 2.23. The summed E-state index contributed by atoms with van der Waals surface area (Å²) < 4.78 is 0. The smallest absolute Gasteiger partial charge is 0.107 e. The van der Waals surface area contributed by atoms with Gasteiger partial charge in [-0.1, -0.05) is 59.7 Å². The van der Waals surface area contributed by atoms with Crippen molar-refractivity contribution in [3.63, 3.8) is 0 Å². The molecule has 2 aromatic rings. The maximum atomic E-state index is 6.11. The van der Waals surface area contributed by atoms with Crippen LogP contribution in [0, 0.1) is 0 Å². The third kappa shape index (κ3) is 3.38. The monoisotopic (exact) mass is 310 g/mol. The van der Waals surface area contributed by atoms with Crippen LogP contribution in [0.3, 0.4) is 0 Å². The summed E-state index contributed by atoms with van der Waals surface area (Å²) in [6.45, 7) is 0.579. The maximum absolute atomic E-state index is 6.11. The second-order valence-electron chi connectivity index (χ2n) is 3.97. The molecule has 0 amide bonds.